The van der Waals surface area contributed by atoms with Gasteiger partial charge in [-0.2, -0.15) is 0 Å². The van der Waals surface area contributed by atoms with Crippen LogP contribution in [0.25, 0.3) is 0 Å². The summed E-state index contributed by atoms with van der Waals surface area (Å²) in [5, 5.41) is 1.65. The van der Waals surface area contributed by atoms with Crippen LogP contribution in [0.3, 0.4) is 0 Å². The molecular weight excluding hydrogens is 360 g/mol. The van der Waals surface area contributed by atoms with Gasteiger partial charge in [-0.15, -0.1) is 0 Å². The Bertz CT molecular complexity index is 545. The second-order valence-corrected chi connectivity index (χ2v) is 13.6. The first-order valence-electron chi connectivity index (χ1n) is 11.8. The van der Waals surface area contributed by atoms with Gasteiger partial charge in [-0.3, -0.25) is 4.79 Å². The third-order valence-electron chi connectivity index (χ3n) is 7.05. The maximum absolute atomic E-state index is 12.2. The van der Waals surface area contributed by atoms with Crippen molar-refractivity contribution in [2.45, 2.75) is 102 Å². The van der Waals surface area contributed by atoms with Crippen LogP contribution in [-0.2, 0) is 9.53 Å². The molecule has 0 aromatic heterocycles. The van der Waals surface area contributed by atoms with Crippen LogP contribution in [0.1, 0.15) is 84.5 Å². The Morgan fingerprint density at radius 2 is 1.54 bits per heavy atom. The fourth-order valence-electron chi connectivity index (χ4n) is 5.43. The maximum atomic E-state index is 12.2. The highest BCUT2D eigenvalue weighted by molar-refractivity contribution is 6.93. The van der Waals surface area contributed by atoms with E-state index >= 15 is 0 Å². The molecule has 1 aromatic carbocycles. The number of rotatable bonds is 13. The van der Waals surface area contributed by atoms with Crippen molar-refractivity contribution in [1.29, 1.82) is 0 Å². The van der Waals surface area contributed by atoms with Crippen LogP contribution in [0, 0.1) is 5.92 Å². The highest BCUT2D eigenvalue weighted by Gasteiger charge is 2.46. The summed E-state index contributed by atoms with van der Waals surface area (Å²) in [4.78, 5) is 12.2. The minimum absolute atomic E-state index is 0.0235. The van der Waals surface area contributed by atoms with Crippen LogP contribution in [0.15, 0.2) is 30.3 Å². The van der Waals surface area contributed by atoms with E-state index < -0.39 is 8.07 Å². The monoisotopic (exact) mass is 402 g/mol. The zero-order valence-corrected chi connectivity index (χ0v) is 19.6. The van der Waals surface area contributed by atoms with Gasteiger partial charge in [0.1, 0.15) is 0 Å². The average molecular weight is 403 g/mol. The second-order valence-electron chi connectivity index (χ2n) is 8.87. The van der Waals surface area contributed by atoms with Crippen LogP contribution >= 0.6 is 0 Å². The van der Waals surface area contributed by atoms with Crippen molar-refractivity contribution < 1.29 is 9.53 Å². The Morgan fingerprint density at radius 1 is 0.929 bits per heavy atom. The van der Waals surface area contributed by atoms with Crippen LogP contribution < -0.4 is 5.19 Å². The number of ether oxygens (including phenoxy) is 1. The summed E-state index contributed by atoms with van der Waals surface area (Å²) in [5.41, 5.74) is 0.738. The van der Waals surface area contributed by atoms with Crippen LogP contribution in [-0.4, -0.2) is 21.2 Å². The predicted molar refractivity (Wildman–Crippen MR) is 123 cm³/mol. The van der Waals surface area contributed by atoms with Gasteiger partial charge in [0.15, 0.2) is 0 Å². The van der Waals surface area contributed by atoms with Crippen LogP contribution in [0.5, 0.6) is 0 Å². The number of carbonyl (C=O) groups excluding carboxylic acids is 1. The van der Waals surface area contributed by atoms with Gasteiger partial charge >= 0.3 is 5.97 Å². The fraction of sp³-hybridized carbons (Fsp3) is 0.720. The molecule has 1 saturated carbocycles. The fourth-order valence-corrected chi connectivity index (χ4v) is 11.6. The summed E-state index contributed by atoms with van der Waals surface area (Å²) in [6.07, 6.45) is 14.1. The van der Waals surface area contributed by atoms with E-state index in [1.165, 1.54) is 69.9 Å². The van der Waals surface area contributed by atoms with Crippen molar-refractivity contribution in [3.63, 3.8) is 0 Å². The highest BCUT2D eigenvalue weighted by Crippen LogP contribution is 2.47. The Labute approximate surface area is 174 Å². The molecular formula is C25H42O2Si. The third kappa shape index (κ3) is 6.20. The molecule has 0 N–H and O–H groups in total. The quantitative estimate of drug-likeness (QED) is 0.205. The van der Waals surface area contributed by atoms with E-state index in [4.69, 9.17) is 4.74 Å². The smallest absolute Gasteiger partial charge is 0.308 e. The van der Waals surface area contributed by atoms with Crippen molar-refractivity contribution >= 4 is 19.2 Å². The number of carbonyl (C=O) groups is 1. The average Bonchev–Trinajstić information content (AvgIpc) is 3.23. The first kappa shape index (κ1) is 23.2. The Kier molecular flexibility index (Phi) is 10.3. The number of hydrogen-bond donors (Lipinski definition) is 0. The lowest BCUT2D eigenvalue weighted by Gasteiger charge is -2.39. The van der Waals surface area contributed by atoms with Gasteiger partial charge in [-0.25, -0.2) is 0 Å². The molecule has 28 heavy (non-hydrogen) atoms. The van der Waals surface area contributed by atoms with Gasteiger partial charge in [0, 0.05) is 0 Å². The van der Waals surface area contributed by atoms with Gasteiger partial charge < -0.3 is 4.74 Å². The molecule has 158 valence electrons. The van der Waals surface area contributed by atoms with E-state index in [1.807, 2.05) is 0 Å². The van der Waals surface area contributed by atoms with Crippen molar-refractivity contribution in [1.82, 2.24) is 0 Å². The summed E-state index contributed by atoms with van der Waals surface area (Å²) in [6.45, 7) is 4.59. The molecule has 0 spiro atoms. The summed E-state index contributed by atoms with van der Waals surface area (Å²) >= 11 is 0. The van der Waals surface area contributed by atoms with Crippen LogP contribution in [0.4, 0.5) is 0 Å². The molecule has 2 atom stereocenters. The summed E-state index contributed by atoms with van der Waals surface area (Å²) in [5.74, 6) is 0.160. The molecule has 3 heteroatoms. The lowest BCUT2D eigenvalue weighted by Crippen LogP contribution is -2.51. The normalized spacial score (nSPS) is 19.7. The molecule has 0 radical (unpaired) electrons. The Morgan fingerprint density at radius 3 is 2.07 bits per heavy atom. The Hall–Kier alpha value is -1.09. The number of hydrogen-bond acceptors (Lipinski definition) is 2. The summed E-state index contributed by atoms with van der Waals surface area (Å²) in [7, 11) is -0.0981. The van der Waals surface area contributed by atoms with E-state index in [0.29, 0.717) is 0 Å². The standard InChI is InChI=1S/C25H42O2Si/c1-4-6-8-13-19-28(20-14-9-7-5-2,23-15-11-10-12-16-23)24-18-17-22(21-24)25(26)27-3/h10-12,15-16,22,24H,4-9,13-14,17-21H2,1-3H3/t22-,24+/m1/s1. The predicted octanol–water partition coefficient (Wildman–Crippen LogP) is 6.85. The van der Waals surface area contributed by atoms with Crippen molar-refractivity contribution in [3.8, 4) is 0 Å². The number of unbranched alkanes of at least 4 members (excludes halogenated alkanes) is 6. The van der Waals surface area contributed by atoms with Gasteiger partial charge in [0.05, 0.1) is 21.1 Å². The van der Waals surface area contributed by atoms with E-state index in [0.717, 1.165) is 18.4 Å². The summed E-state index contributed by atoms with van der Waals surface area (Å²) in [6, 6.07) is 14.3. The third-order valence-corrected chi connectivity index (χ3v) is 13.1. The minimum Gasteiger partial charge on any atom is -0.469 e. The number of methoxy groups -OCH3 is 1. The van der Waals surface area contributed by atoms with Gasteiger partial charge in [-0.1, -0.05) is 119 Å². The van der Waals surface area contributed by atoms with Crippen molar-refractivity contribution in [3.05, 3.63) is 30.3 Å². The van der Waals surface area contributed by atoms with Gasteiger partial charge in [-0.05, 0) is 18.4 Å². The van der Waals surface area contributed by atoms with E-state index in [-0.39, 0.29) is 11.9 Å². The molecule has 1 aromatic rings. The zero-order valence-electron chi connectivity index (χ0n) is 18.6. The molecule has 0 saturated heterocycles. The molecule has 0 unspecified atom stereocenters. The molecule has 0 aliphatic heterocycles. The number of esters is 1. The zero-order chi connectivity index (χ0) is 20.2. The van der Waals surface area contributed by atoms with Crippen molar-refractivity contribution in [2.24, 2.45) is 5.92 Å². The van der Waals surface area contributed by atoms with E-state index in [9.17, 15) is 4.79 Å². The minimum atomic E-state index is -1.65. The molecule has 0 bridgehead atoms. The number of benzene rings is 1. The van der Waals surface area contributed by atoms with E-state index in [2.05, 4.69) is 44.2 Å². The van der Waals surface area contributed by atoms with Gasteiger partial charge in [0.25, 0.3) is 0 Å². The largest absolute Gasteiger partial charge is 0.469 e. The van der Waals surface area contributed by atoms with Crippen molar-refractivity contribution in [2.75, 3.05) is 7.11 Å². The lowest BCUT2D eigenvalue weighted by atomic mass is 10.1. The molecule has 1 fully saturated rings. The SMILES string of the molecule is CCCCCC[Si](CCCCCC)(c1ccccc1)[C@H]1CC[C@@H](C(=O)OC)C1. The Balaban J connectivity index is 2.25. The van der Waals surface area contributed by atoms with Gasteiger partial charge in [0.2, 0.25) is 0 Å². The molecule has 1 aliphatic rings. The second kappa shape index (κ2) is 12.5. The lowest BCUT2D eigenvalue weighted by molar-refractivity contribution is -0.145. The first-order valence-corrected chi connectivity index (χ1v) is 14.3. The highest BCUT2D eigenvalue weighted by atomic mass is 28.3. The first-order chi connectivity index (χ1) is 13.7. The maximum Gasteiger partial charge on any atom is 0.308 e. The topological polar surface area (TPSA) is 26.3 Å². The molecule has 0 heterocycles. The summed E-state index contributed by atoms with van der Waals surface area (Å²) < 4.78 is 5.10. The molecule has 2 nitrogen and oxygen atoms in total. The van der Waals surface area contributed by atoms with Crippen LogP contribution in [0.2, 0.25) is 17.6 Å². The molecule has 2 rings (SSSR count). The molecule has 1 aliphatic carbocycles. The van der Waals surface area contributed by atoms with E-state index in [1.54, 1.807) is 12.3 Å². The molecule has 0 amide bonds.